The first kappa shape index (κ1) is 18.4. The van der Waals surface area contributed by atoms with Gasteiger partial charge in [-0.1, -0.05) is 25.1 Å². The average molecular weight is 416 g/mol. The minimum Gasteiger partial charge on any atom is -0.309 e. The molecule has 3 aromatic rings. The van der Waals surface area contributed by atoms with E-state index in [0.29, 0.717) is 5.92 Å². The van der Waals surface area contributed by atoms with Crippen LogP contribution >= 0.6 is 23.1 Å². The summed E-state index contributed by atoms with van der Waals surface area (Å²) in [4.78, 5) is 23.0. The fourth-order valence-electron chi connectivity index (χ4n) is 4.32. The highest BCUT2D eigenvalue weighted by Crippen LogP contribution is 2.38. The predicted molar refractivity (Wildman–Crippen MR) is 113 cm³/mol. The lowest BCUT2D eigenvalue weighted by atomic mass is 9.89. The highest BCUT2D eigenvalue weighted by Gasteiger charge is 2.25. The van der Waals surface area contributed by atoms with E-state index in [2.05, 4.69) is 33.6 Å². The van der Waals surface area contributed by atoms with E-state index in [1.165, 1.54) is 29.7 Å². The van der Waals surface area contributed by atoms with Crippen molar-refractivity contribution in [2.24, 2.45) is 5.92 Å². The number of nitrogens with one attached hydrogen (secondary N) is 1. The third-order valence-electron chi connectivity index (χ3n) is 5.93. The Kier molecular flexibility index (Phi) is 4.79. The molecule has 6 nitrogen and oxygen atoms in total. The summed E-state index contributed by atoms with van der Waals surface area (Å²) in [5, 5.41) is 10.6. The third-order valence-corrected chi connectivity index (χ3v) is 8.16. The molecule has 1 N–H and O–H groups in total. The van der Waals surface area contributed by atoms with Crippen molar-refractivity contribution in [2.45, 2.75) is 75.7 Å². The van der Waals surface area contributed by atoms with Gasteiger partial charge in [0, 0.05) is 17.8 Å². The Hall–Kier alpha value is -1.67. The van der Waals surface area contributed by atoms with Gasteiger partial charge < -0.3 is 9.55 Å². The van der Waals surface area contributed by atoms with E-state index >= 15 is 0 Å². The highest BCUT2D eigenvalue weighted by atomic mass is 32.2. The molecular weight excluding hydrogens is 390 g/mol. The second-order valence-electron chi connectivity index (χ2n) is 8.10. The molecule has 2 aliphatic rings. The first-order chi connectivity index (χ1) is 13.6. The zero-order valence-electron chi connectivity index (χ0n) is 16.3. The second kappa shape index (κ2) is 7.30. The number of thiophene rings is 1. The monoisotopic (exact) mass is 415 g/mol. The van der Waals surface area contributed by atoms with Crippen LogP contribution in [0.3, 0.4) is 0 Å². The van der Waals surface area contributed by atoms with Crippen LogP contribution in [0.15, 0.2) is 9.95 Å². The molecule has 0 spiro atoms. The van der Waals surface area contributed by atoms with E-state index in [9.17, 15) is 4.79 Å². The standard InChI is InChI=1S/C20H25N5OS2/c1-11-7-8-13-14(10-11)28-19-16(13)18(26)21-17(22-19)12(2)27-20-24-23-15-6-4-3-5-9-25(15)20/h11-12H,3-10H2,1-2H3,(H,21,22,26)/t11-,12+/m0/s1. The summed E-state index contributed by atoms with van der Waals surface area (Å²) in [6.45, 7) is 5.36. The molecule has 1 aliphatic carbocycles. The molecule has 148 valence electrons. The summed E-state index contributed by atoms with van der Waals surface area (Å²) in [5.74, 6) is 2.51. The number of hydrogen-bond acceptors (Lipinski definition) is 6. The Labute approximate surface area is 172 Å². The van der Waals surface area contributed by atoms with Crippen LogP contribution in [0, 0.1) is 5.92 Å². The summed E-state index contributed by atoms with van der Waals surface area (Å²) in [7, 11) is 0. The van der Waals surface area contributed by atoms with Crippen LogP contribution in [0.25, 0.3) is 10.2 Å². The van der Waals surface area contributed by atoms with Gasteiger partial charge in [-0.3, -0.25) is 4.79 Å². The Morgan fingerprint density at radius 3 is 3.04 bits per heavy atom. The van der Waals surface area contributed by atoms with Crippen molar-refractivity contribution in [1.29, 1.82) is 0 Å². The topological polar surface area (TPSA) is 76.5 Å². The molecule has 0 fully saturated rings. The molecule has 0 radical (unpaired) electrons. The first-order valence-electron chi connectivity index (χ1n) is 10.2. The number of hydrogen-bond donors (Lipinski definition) is 1. The fourth-order valence-corrected chi connectivity index (χ4v) is 6.66. The Balaban J connectivity index is 1.46. The molecule has 0 amide bonds. The Morgan fingerprint density at radius 2 is 2.14 bits per heavy atom. The molecule has 1 aliphatic heterocycles. The molecule has 0 saturated carbocycles. The maximum atomic E-state index is 12.9. The predicted octanol–water partition coefficient (Wildman–Crippen LogP) is 4.28. The van der Waals surface area contributed by atoms with Gasteiger partial charge in [-0.2, -0.15) is 0 Å². The van der Waals surface area contributed by atoms with E-state index in [0.717, 1.165) is 59.2 Å². The van der Waals surface area contributed by atoms with Crippen molar-refractivity contribution in [3.63, 3.8) is 0 Å². The number of aromatic amines is 1. The average Bonchev–Trinajstić information content (AvgIpc) is 3.13. The number of fused-ring (bicyclic) bond motifs is 4. The van der Waals surface area contributed by atoms with Crippen molar-refractivity contribution < 1.29 is 0 Å². The van der Waals surface area contributed by atoms with Gasteiger partial charge in [-0.15, -0.1) is 21.5 Å². The molecule has 4 heterocycles. The SMILES string of the molecule is C[C@H]1CCc2c(sc3nc([C@@H](C)Sc4nnc5n4CCCCC5)[nH]c(=O)c23)C1. The van der Waals surface area contributed by atoms with Crippen molar-refractivity contribution >= 4 is 33.3 Å². The largest absolute Gasteiger partial charge is 0.309 e. The Bertz CT molecular complexity index is 1080. The van der Waals surface area contributed by atoms with Crippen LogP contribution in [0.4, 0.5) is 0 Å². The summed E-state index contributed by atoms with van der Waals surface area (Å²) in [6.07, 6.45) is 7.83. The summed E-state index contributed by atoms with van der Waals surface area (Å²) >= 11 is 3.35. The number of H-pyrrole nitrogens is 1. The van der Waals surface area contributed by atoms with Crippen LogP contribution in [0.2, 0.25) is 0 Å². The van der Waals surface area contributed by atoms with Gasteiger partial charge in [-0.05, 0) is 50.5 Å². The lowest BCUT2D eigenvalue weighted by molar-refractivity contribution is 0.509. The minimum absolute atomic E-state index is 0.0135. The van der Waals surface area contributed by atoms with Crippen molar-refractivity contribution in [3.8, 4) is 0 Å². The second-order valence-corrected chi connectivity index (χ2v) is 10.5. The number of thioether (sulfide) groups is 1. The minimum atomic E-state index is 0.0135. The van der Waals surface area contributed by atoms with Gasteiger partial charge >= 0.3 is 0 Å². The molecule has 0 bridgehead atoms. The van der Waals surface area contributed by atoms with Gasteiger partial charge in [0.05, 0.1) is 10.6 Å². The van der Waals surface area contributed by atoms with E-state index in [1.54, 1.807) is 23.1 Å². The summed E-state index contributed by atoms with van der Waals surface area (Å²) in [6, 6.07) is 0. The van der Waals surface area contributed by atoms with E-state index < -0.39 is 0 Å². The number of aromatic nitrogens is 5. The quantitative estimate of drug-likeness (QED) is 0.646. The lowest BCUT2D eigenvalue weighted by Gasteiger charge is -2.17. The van der Waals surface area contributed by atoms with Crippen LogP contribution in [-0.4, -0.2) is 24.7 Å². The molecule has 5 rings (SSSR count). The normalized spacial score (nSPS) is 20.6. The summed E-state index contributed by atoms with van der Waals surface area (Å²) in [5.41, 5.74) is 1.25. The zero-order valence-corrected chi connectivity index (χ0v) is 18.0. The fraction of sp³-hybridized carbons (Fsp3) is 0.600. The van der Waals surface area contributed by atoms with Crippen molar-refractivity contribution in [1.82, 2.24) is 24.7 Å². The third kappa shape index (κ3) is 3.20. The van der Waals surface area contributed by atoms with E-state index in [4.69, 9.17) is 4.98 Å². The molecule has 28 heavy (non-hydrogen) atoms. The molecule has 3 aromatic heterocycles. The van der Waals surface area contributed by atoms with Gasteiger partial charge in [0.15, 0.2) is 5.16 Å². The molecule has 8 heteroatoms. The van der Waals surface area contributed by atoms with E-state index in [1.807, 2.05) is 0 Å². The Morgan fingerprint density at radius 1 is 1.25 bits per heavy atom. The number of nitrogens with zero attached hydrogens (tertiary/aromatic N) is 4. The van der Waals surface area contributed by atoms with Gasteiger partial charge in [-0.25, -0.2) is 4.98 Å². The smallest absolute Gasteiger partial charge is 0.259 e. The first-order valence-corrected chi connectivity index (χ1v) is 11.9. The molecular formula is C20H25N5OS2. The van der Waals surface area contributed by atoms with Gasteiger partial charge in [0.2, 0.25) is 0 Å². The highest BCUT2D eigenvalue weighted by molar-refractivity contribution is 7.99. The lowest BCUT2D eigenvalue weighted by Crippen LogP contribution is -2.15. The number of rotatable bonds is 3. The molecule has 2 atom stereocenters. The van der Waals surface area contributed by atoms with Crippen LogP contribution in [-0.2, 0) is 25.8 Å². The maximum absolute atomic E-state index is 12.9. The summed E-state index contributed by atoms with van der Waals surface area (Å²) < 4.78 is 2.25. The van der Waals surface area contributed by atoms with Crippen molar-refractivity contribution in [3.05, 3.63) is 32.4 Å². The molecule has 0 saturated heterocycles. The maximum Gasteiger partial charge on any atom is 0.259 e. The van der Waals surface area contributed by atoms with Crippen LogP contribution in [0.1, 0.15) is 66.9 Å². The molecule has 0 aromatic carbocycles. The van der Waals surface area contributed by atoms with Crippen molar-refractivity contribution in [2.75, 3.05) is 0 Å². The number of aryl methyl sites for hydroxylation is 2. The zero-order chi connectivity index (χ0) is 19.3. The van der Waals surface area contributed by atoms with Gasteiger partial charge in [0.1, 0.15) is 16.5 Å². The van der Waals surface area contributed by atoms with E-state index in [-0.39, 0.29) is 10.8 Å². The molecule has 0 unspecified atom stereocenters. The van der Waals surface area contributed by atoms with Crippen LogP contribution < -0.4 is 5.56 Å². The van der Waals surface area contributed by atoms with Crippen LogP contribution in [0.5, 0.6) is 0 Å². The van der Waals surface area contributed by atoms with Gasteiger partial charge in [0.25, 0.3) is 5.56 Å².